The summed E-state index contributed by atoms with van der Waals surface area (Å²) in [5.74, 6) is -0.273. The van der Waals surface area contributed by atoms with Gasteiger partial charge in [0.25, 0.3) is 0 Å². The summed E-state index contributed by atoms with van der Waals surface area (Å²) in [5, 5.41) is 0. The van der Waals surface area contributed by atoms with Crippen LogP contribution in [0.2, 0.25) is 0 Å². The molecule has 7 nitrogen and oxygen atoms in total. The van der Waals surface area contributed by atoms with Gasteiger partial charge in [0.15, 0.2) is 19.7 Å². The molecule has 11 heteroatoms. The fourth-order valence-corrected chi connectivity index (χ4v) is 6.96. The molecule has 0 unspecified atom stereocenters. The zero-order valence-electron chi connectivity index (χ0n) is 24.8. The molecule has 0 aromatic heterocycles. The second kappa shape index (κ2) is 14.8. The molecule has 1 saturated heterocycles. The SMILES string of the molecule is CCN(C(=O)Cc1ccc(S(C)(=O)=O)cc1)C1CCN(CC[C@@H](c2ccc(F)cc2)c2ccc(S(C)(=O)=O)cc2)CC1.Cl. The van der Waals surface area contributed by atoms with Gasteiger partial charge < -0.3 is 9.80 Å². The van der Waals surface area contributed by atoms with Crippen LogP contribution in [-0.4, -0.2) is 77.3 Å². The Labute approximate surface area is 261 Å². The van der Waals surface area contributed by atoms with Crippen LogP contribution in [0, 0.1) is 5.82 Å². The minimum atomic E-state index is -3.30. The molecular weight excluding hydrogens is 611 g/mol. The van der Waals surface area contributed by atoms with E-state index in [9.17, 15) is 26.0 Å². The van der Waals surface area contributed by atoms with E-state index in [0.717, 1.165) is 55.6 Å². The first-order valence-corrected chi connectivity index (χ1v) is 18.0. The van der Waals surface area contributed by atoms with Crippen molar-refractivity contribution in [2.45, 2.75) is 54.4 Å². The highest BCUT2D eigenvalue weighted by molar-refractivity contribution is 7.91. The highest BCUT2D eigenvalue weighted by Gasteiger charge is 2.28. The van der Waals surface area contributed by atoms with Crippen molar-refractivity contribution in [1.82, 2.24) is 9.80 Å². The first kappa shape index (κ1) is 34.7. The zero-order valence-corrected chi connectivity index (χ0v) is 27.2. The normalized spacial score (nSPS) is 15.4. The standard InChI is InChI=1S/C32H39FN2O5S2.ClH/c1-4-35(32(36)23-24-5-13-29(14-6-24)41(2,37)38)28-17-20-34(21-18-28)22-19-31(25-7-11-27(33)12-8-25)26-9-15-30(16-10-26)42(3,39)40;/h5-16,28,31H,4,17-23H2,1-3H3;1H/t31-;/m0./s1. The molecule has 3 aromatic carbocycles. The topological polar surface area (TPSA) is 91.8 Å². The third-order valence-corrected chi connectivity index (χ3v) is 10.3. The van der Waals surface area contributed by atoms with E-state index < -0.39 is 19.7 Å². The summed E-state index contributed by atoms with van der Waals surface area (Å²) < 4.78 is 61.0. The number of hydrogen-bond acceptors (Lipinski definition) is 6. The van der Waals surface area contributed by atoms with Crippen LogP contribution in [0.15, 0.2) is 82.6 Å². The first-order chi connectivity index (χ1) is 19.8. The molecule has 1 atom stereocenters. The third-order valence-electron chi connectivity index (χ3n) is 8.08. The lowest BCUT2D eigenvalue weighted by Gasteiger charge is -2.38. The van der Waals surface area contributed by atoms with Gasteiger partial charge in [-0.1, -0.05) is 36.4 Å². The predicted molar refractivity (Wildman–Crippen MR) is 170 cm³/mol. The first-order valence-electron chi connectivity index (χ1n) is 14.2. The number of likely N-dealkylation sites (N-methyl/N-ethyl adjacent to an activating group) is 1. The second-order valence-electron chi connectivity index (χ2n) is 11.1. The second-order valence-corrected chi connectivity index (χ2v) is 15.1. The van der Waals surface area contributed by atoms with E-state index in [1.165, 1.54) is 24.6 Å². The highest BCUT2D eigenvalue weighted by atomic mass is 35.5. The molecule has 4 rings (SSSR count). The molecule has 0 aliphatic carbocycles. The lowest BCUT2D eigenvalue weighted by Crippen LogP contribution is -2.48. The molecule has 1 heterocycles. The van der Waals surface area contributed by atoms with Crippen molar-refractivity contribution in [3.8, 4) is 0 Å². The van der Waals surface area contributed by atoms with Gasteiger partial charge in [-0.15, -0.1) is 12.4 Å². The summed E-state index contributed by atoms with van der Waals surface area (Å²) in [6.45, 7) is 5.11. The number of nitrogens with zero attached hydrogens (tertiary/aromatic N) is 2. The Hall–Kier alpha value is -2.79. The van der Waals surface area contributed by atoms with Crippen molar-refractivity contribution in [3.05, 3.63) is 95.3 Å². The fraction of sp³-hybridized carbons (Fsp3) is 0.406. The van der Waals surface area contributed by atoms with Gasteiger partial charge in [0.2, 0.25) is 5.91 Å². The summed E-state index contributed by atoms with van der Waals surface area (Å²) >= 11 is 0. The number of piperidine rings is 1. The van der Waals surface area contributed by atoms with Crippen LogP contribution in [0.4, 0.5) is 4.39 Å². The van der Waals surface area contributed by atoms with Gasteiger partial charge in [-0.2, -0.15) is 0 Å². The minimum absolute atomic E-state index is 0. The van der Waals surface area contributed by atoms with Crippen LogP contribution in [0.1, 0.15) is 48.8 Å². The summed E-state index contributed by atoms with van der Waals surface area (Å²) in [7, 11) is -6.58. The van der Waals surface area contributed by atoms with E-state index in [1.54, 1.807) is 48.5 Å². The van der Waals surface area contributed by atoms with E-state index in [1.807, 2.05) is 24.0 Å². The number of sulfone groups is 2. The molecule has 0 saturated carbocycles. The Morgan fingerprint density at radius 2 is 1.30 bits per heavy atom. The highest BCUT2D eigenvalue weighted by Crippen LogP contribution is 2.30. The largest absolute Gasteiger partial charge is 0.340 e. The maximum atomic E-state index is 13.7. The van der Waals surface area contributed by atoms with Crippen LogP contribution >= 0.6 is 12.4 Å². The van der Waals surface area contributed by atoms with Gasteiger partial charge >= 0.3 is 0 Å². The molecule has 0 N–H and O–H groups in total. The predicted octanol–water partition coefficient (Wildman–Crippen LogP) is 5.13. The van der Waals surface area contributed by atoms with Crippen LogP contribution in [-0.2, 0) is 30.9 Å². The fourth-order valence-electron chi connectivity index (χ4n) is 5.70. The van der Waals surface area contributed by atoms with Crippen molar-refractivity contribution in [2.75, 3.05) is 38.7 Å². The van der Waals surface area contributed by atoms with Gasteiger partial charge in [0.1, 0.15) is 5.82 Å². The summed E-state index contributed by atoms with van der Waals surface area (Å²) in [6, 6.07) is 20.1. The van der Waals surface area contributed by atoms with Crippen molar-refractivity contribution in [1.29, 1.82) is 0 Å². The smallest absolute Gasteiger partial charge is 0.227 e. The maximum Gasteiger partial charge on any atom is 0.227 e. The number of rotatable bonds is 11. The van der Waals surface area contributed by atoms with Crippen LogP contribution in [0.5, 0.6) is 0 Å². The molecule has 1 fully saturated rings. The number of benzene rings is 3. The molecule has 1 amide bonds. The summed E-state index contributed by atoms with van der Waals surface area (Å²) in [4.78, 5) is 18.0. The maximum absolute atomic E-state index is 13.7. The molecule has 1 aliphatic heterocycles. The van der Waals surface area contributed by atoms with E-state index in [2.05, 4.69) is 4.90 Å². The van der Waals surface area contributed by atoms with Gasteiger partial charge in [0, 0.05) is 44.1 Å². The Morgan fingerprint density at radius 3 is 1.77 bits per heavy atom. The number of halogens is 2. The number of amides is 1. The monoisotopic (exact) mass is 650 g/mol. The van der Waals surface area contributed by atoms with E-state index in [-0.39, 0.29) is 52.3 Å². The zero-order chi connectivity index (χ0) is 30.5. The summed E-state index contributed by atoms with van der Waals surface area (Å²) in [5.41, 5.74) is 2.75. The van der Waals surface area contributed by atoms with E-state index in [4.69, 9.17) is 0 Å². The molecule has 3 aromatic rings. The average Bonchev–Trinajstić information content (AvgIpc) is 2.95. The van der Waals surface area contributed by atoms with Crippen molar-refractivity contribution < 1.29 is 26.0 Å². The molecule has 0 spiro atoms. The van der Waals surface area contributed by atoms with Gasteiger partial charge in [-0.25, -0.2) is 21.2 Å². The van der Waals surface area contributed by atoms with E-state index >= 15 is 0 Å². The number of likely N-dealkylation sites (tertiary alicyclic amines) is 1. The van der Waals surface area contributed by atoms with Gasteiger partial charge in [0.05, 0.1) is 16.2 Å². The van der Waals surface area contributed by atoms with Crippen molar-refractivity contribution >= 4 is 38.0 Å². The number of hydrogen-bond donors (Lipinski definition) is 0. The molecule has 234 valence electrons. The number of carbonyl (C=O) groups is 1. The number of carbonyl (C=O) groups excluding carboxylic acids is 1. The Kier molecular flexibility index (Phi) is 11.9. The molecular formula is C32H40ClFN2O5S2. The van der Waals surface area contributed by atoms with Crippen LogP contribution in [0.25, 0.3) is 0 Å². The lowest BCUT2D eigenvalue weighted by molar-refractivity contribution is -0.133. The van der Waals surface area contributed by atoms with Crippen LogP contribution < -0.4 is 0 Å². The average molecular weight is 651 g/mol. The van der Waals surface area contributed by atoms with Gasteiger partial charge in [-0.3, -0.25) is 4.79 Å². The Balaban J connectivity index is 0.00000506. The van der Waals surface area contributed by atoms with E-state index in [0.29, 0.717) is 6.54 Å². The Morgan fingerprint density at radius 1 is 0.837 bits per heavy atom. The Bertz CT molecular complexity index is 1570. The minimum Gasteiger partial charge on any atom is -0.340 e. The van der Waals surface area contributed by atoms with Crippen LogP contribution in [0.3, 0.4) is 0 Å². The molecule has 43 heavy (non-hydrogen) atoms. The molecule has 0 radical (unpaired) electrons. The van der Waals surface area contributed by atoms with Crippen molar-refractivity contribution in [2.24, 2.45) is 0 Å². The van der Waals surface area contributed by atoms with Crippen molar-refractivity contribution in [3.63, 3.8) is 0 Å². The third kappa shape index (κ3) is 9.35. The quantitative estimate of drug-likeness (QED) is 0.286. The summed E-state index contributed by atoms with van der Waals surface area (Å²) in [6.07, 6.45) is 5.09. The molecule has 0 bridgehead atoms. The molecule has 1 aliphatic rings. The van der Waals surface area contributed by atoms with Gasteiger partial charge in [-0.05, 0) is 85.8 Å². The lowest BCUT2D eigenvalue weighted by atomic mass is 9.88.